The van der Waals surface area contributed by atoms with E-state index in [0.29, 0.717) is 6.42 Å². The molecule has 1 atom stereocenters. The van der Waals surface area contributed by atoms with Crippen LogP contribution in [0.1, 0.15) is 23.0 Å². The van der Waals surface area contributed by atoms with Crippen molar-refractivity contribution in [2.24, 2.45) is 7.05 Å². The van der Waals surface area contributed by atoms with Gasteiger partial charge in [-0.25, -0.2) is 4.98 Å². The zero-order chi connectivity index (χ0) is 20.2. The number of ether oxygens (including phenoxy) is 1. The molecule has 4 aromatic rings. The van der Waals surface area contributed by atoms with Crippen molar-refractivity contribution in [3.05, 3.63) is 96.1 Å². The number of fused-ring (bicyclic) bond motifs is 1. The summed E-state index contributed by atoms with van der Waals surface area (Å²) in [4.78, 5) is 17.5. The van der Waals surface area contributed by atoms with Gasteiger partial charge in [-0.1, -0.05) is 54.6 Å². The molecule has 4 rings (SSSR count). The number of methoxy groups -OCH3 is 1. The average molecular weight is 385 g/mol. The van der Waals surface area contributed by atoms with Crippen LogP contribution in [-0.4, -0.2) is 22.6 Å². The molecule has 5 heteroatoms. The molecule has 29 heavy (non-hydrogen) atoms. The van der Waals surface area contributed by atoms with Crippen molar-refractivity contribution in [2.45, 2.75) is 12.5 Å². The minimum Gasteiger partial charge on any atom is -0.497 e. The minimum atomic E-state index is -0.344. The normalized spacial score (nSPS) is 11.9. The number of carbonyl (C=O) groups is 1. The number of aromatic nitrogens is 2. The van der Waals surface area contributed by atoms with E-state index in [1.807, 2.05) is 66.3 Å². The molecular formula is C24H23N3O2. The van der Waals surface area contributed by atoms with Gasteiger partial charge in [0.05, 0.1) is 13.5 Å². The predicted octanol–water partition coefficient (Wildman–Crippen LogP) is 4.03. The van der Waals surface area contributed by atoms with Crippen molar-refractivity contribution in [1.82, 2.24) is 14.9 Å². The van der Waals surface area contributed by atoms with Crippen molar-refractivity contribution in [2.75, 3.05) is 7.11 Å². The Morgan fingerprint density at radius 2 is 1.83 bits per heavy atom. The smallest absolute Gasteiger partial charge is 0.225 e. The van der Waals surface area contributed by atoms with Crippen LogP contribution in [0.2, 0.25) is 0 Å². The predicted molar refractivity (Wildman–Crippen MR) is 114 cm³/mol. The van der Waals surface area contributed by atoms with E-state index in [1.165, 1.54) is 0 Å². The van der Waals surface area contributed by atoms with Gasteiger partial charge in [-0.05, 0) is 34.0 Å². The number of hydrogen-bond acceptors (Lipinski definition) is 3. The summed E-state index contributed by atoms with van der Waals surface area (Å²) in [6.07, 6.45) is 3.92. The lowest BCUT2D eigenvalue weighted by atomic mass is 10.0. The Morgan fingerprint density at radius 3 is 2.55 bits per heavy atom. The highest BCUT2D eigenvalue weighted by atomic mass is 16.5. The molecule has 3 aromatic carbocycles. The van der Waals surface area contributed by atoms with Gasteiger partial charge in [0, 0.05) is 19.4 Å². The summed E-state index contributed by atoms with van der Waals surface area (Å²) in [5.41, 5.74) is 1.96. The summed E-state index contributed by atoms with van der Waals surface area (Å²) in [7, 11) is 3.56. The average Bonchev–Trinajstić information content (AvgIpc) is 3.18. The van der Waals surface area contributed by atoms with Gasteiger partial charge in [0.25, 0.3) is 0 Å². The van der Waals surface area contributed by atoms with Crippen molar-refractivity contribution in [1.29, 1.82) is 0 Å². The maximum Gasteiger partial charge on any atom is 0.225 e. The highest BCUT2D eigenvalue weighted by Crippen LogP contribution is 2.24. The number of aryl methyl sites for hydroxylation is 1. The summed E-state index contributed by atoms with van der Waals surface area (Å²) in [6, 6.07) is 21.5. The maximum atomic E-state index is 13.0. The number of imidazole rings is 1. The lowest BCUT2D eigenvalue weighted by Crippen LogP contribution is -2.32. The third-order valence-electron chi connectivity index (χ3n) is 5.10. The molecule has 0 aliphatic rings. The highest BCUT2D eigenvalue weighted by molar-refractivity contribution is 5.90. The lowest BCUT2D eigenvalue weighted by Gasteiger charge is -2.20. The summed E-state index contributed by atoms with van der Waals surface area (Å²) in [5, 5.41) is 5.40. The third kappa shape index (κ3) is 3.99. The first-order valence-corrected chi connectivity index (χ1v) is 9.53. The Hall–Kier alpha value is -3.60. The van der Waals surface area contributed by atoms with Gasteiger partial charge in [-0.3, -0.25) is 4.79 Å². The Bertz CT molecular complexity index is 1130. The monoisotopic (exact) mass is 385 g/mol. The fourth-order valence-corrected chi connectivity index (χ4v) is 3.58. The number of benzene rings is 3. The van der Waals surface area contributed by atoms with Crippen molar-refractivity contribution >= 4 is 16.7 Å². The first-order valence-electron chi connectivity index (χ1n) is 9.53. The molecule has 0 aliphatic heterocycles. The molecule has 1 aromatic heterocycles. The van der Waals surface area contributed by atoms with E-state index in [2.05, 4.69) is 28.5 Å². The second kappa shape index (κ2) is 8.19. The van der Waals surface area contributed by atoms with Gasteiger partial charge in [0.2, 0.25) is 5.91 Å². The Labute approximate surface area is 170 Å². The molecule has 0 bridgehead atoms. The van der Waals surface area contributed by atoms with Gasteiger partial charge in [0.15, 0.2) is 0 Å². The van der Waals surface area contributed by atoms with Crippen LogP contribution in [0.4, 0.5) is 0 Å². The van der Waals surface area contributed by atoms with Crippen LogP contribution < -0.4 is 10.1 Å². The fraction of sp³-hybridized carbons (Fsp3) is 0.167. The molecule has 5 nitrogen and oxygen atoms in total. The van der Waals surface area contributed by atoms with E-state index in [0.717, 1.165) is 33.5 Å². The van der Waals surface area contributed by atoms with Gasteiger partial charge < -0.3 is 14.6 Å². The van der Waals surface area contributed by atoms with E-state index in [1.54, 1.807) is 13.3 Å². The van der Waals surface area contributed by atoms with E-state index < -0.39 is 0 Å². The molecule has 0 radical (unpaired) electrons. The van der Waals surface area contributed by atoms with Gasteiger partial charge in [-0.15, -0.1) is 0 Å². The van der Waals surface area contributed by atoms with Crippen molar-refractivity contribution in [3.8, 4) is 5.75 Å². The van der Waals surface area contributed by atoms with Crippen LogP contribution in [0.15, 0.2) is 79.1 Å². The topological polar surface area (TPSA) is 56.1 Å². The first-order chi connectivity index (χ1) is 14.2. The second-order valence-electron chi connectivity index (χ2n) is 6.99. The molecule has 146 valence electrons. The number of rotatable bonds is 6. The van der Waals surface area contributed by atoms with E-state index in [-0.39, 0.29) is 11.9 Å². The molecule has 0 saturated heterocycles. The first kappa shape index (κ1) is 18.7. The van der Waals surface area contributed by atoms with Crippen LogP contribution in [0.25, 0.3) is 10.8 Å². The Balaban J connectivity index is 1.61. The minimum absolute atomic E-state index is 0.0508. The number of amides is 1. The van der Waals surface area contributed by atoms with Gasteiger partial charge >= 0.3 is 0 Å². The molecule has 0 spiro atoms. The number of nitrogens with one attached hydrogen (secondary N) is 1. The summed E-state index contributed by atoms with van der Waals surface area (Å²) < 4.78 is 7.18. The van der Waals surface area contributed by atoms with Gasteiger partial charge in [-0.2, -0.15) is 0 Å². The molecule has 0 saturated carbocycles. The molecule has 0 unspecified atom stereocenters. The van der Waals surface area contributed by atoms with E-state index >= 15 is 0 Å². The molecule has 1 heterocycles. The lowest BCUT2D eigenvalue weighted by molar-refractivity contribution is -0.121. The quantitative estimate of drug-likeness (QED) is 0.545. The van der Waals surface area contributed by atoms with E-state index in [9.17, 15) is 4.79 Å². The number of nitrogens with zero attached hydrogens (tertiary/aromatic N) is 2. The Morgan fingerprint density at radius 1 is 1.07 bits per heavy atom. The highest BCUT2D eigenvalue weighted by Gasteiger charge is 2.21. The Kier molecular flexibility index (Phi) is 5.29. The number of hydrogen-bond donors (Lipinski definition) is 1. The second-order valence-corrected chi connectivity index (χ2v) is 6.99. The standard InChI is InChI=1S/C24H23N3O2/c1-27-15-14-25-24(27)23(18-10-12-20(29-2)13-11-18)26-22(28)16-19-8-5-7-17-6-3-4-9-21(17)19/h3-15,23H,16H2,1-2H3,(H,26,28)/t23-/m0/s1. The SMILES string of the molecule is COc1ccc([C@H](NC(=O)Cc2cccc3ccccc23)c2nccn2C)cc1. The molecule has 1 amide bonds. The third-order valence-corrected chi connectivity index (χ3v) is 5.10. The van der Waals surface area contributed by atoms with Crippen LogP contribution in [-0.2, 0) is 18.3 Å². The van der Waals surface area contributed by atoms with Crippen LogP contribution in [0, 0.1) is 0 Å². The molecule has 0 fully saturated rings. The fourth-order valence-electron chi connectivity index (χ4n) is 3.58. The molecular weight excluding hydrogens is 362 g/mol. The van der Waals surface area contributed by atoms with Gasteiger partial charge in [0.1, 0.15) is 17.6 Å². The van der Waals surface area contributed by atoms with Crippen LogP contribution in [0.5, 0.6) is 5.75 Å². The van der Waals surface area contributed by atoms with E-state index in [4.69, 9.17) is 4.74 Å². The van der Waals surface area contributed by atoms with Crippen molar-refractivity contribution < 1.29 is 9.53 Å². The van der Waals surface area contributed by atoms with Crippen LogP contribution in [0.3, 0.4) is 0 Å². The summed E-state index contributed by atoms with van der Waals surface area (Å²) in [6.45, 7) is 0. The summed E-state index contributed by atoms with van der Waals surface area (Å²) >= 11 is 0. The molecule has 1 N–H and O–H groups in total. The van der Waals surface area contributed by atoms with Crippen molar-refractivity contribution in [3.63, 3.8) is 0 Å². The van der Waals surface area contributed by atoms with Crippen LogP contribution >= 0.6 is 0 Å². The number of carbonyl (C=O) groups excluding carboxylic acids is 1. The zero-order valence-electron chi connectivity index (χ0n) is 16.5. The maximum absolute atomic E-state index is 13.0. The molecule has 0 aliphatic carbocycles. The summed E-state index contributed by atoms with van der Waals surface area (Å²) in [5.74, 6) is 1.50. The zero-order valence-corrected chi connectivity index (χ0v) is 16.5. The largest absolute Gasteiger partial charge is 0.497 e.